The van der Waals surface area contributed by atoms with Gasteiger partial charge >= 0.3 is 5.97 Å². The van der Waals surface area contributed by atoms with Gasteiger partial charge in [0.1, 0.15) is 11.5 Å². The van der Waals surface area contributed by atoms with Gasteiger partial charge < -0.3 is 9.47 Å². The van der Waals surface area contributed by atoms with E-state index in [9.17, 15) is 9.59 Å². The standard InChI is InChI=1S/C24H15BrO4/c25-18-11-9-17(10-12-18)24(27)28-19-13-14-20-22(15-19)29-21(23(20)26)8-4-7-16-5-2-1-3-6-16/h1-15H. The molecule has 0 N–H and O–H groups in total. The van der Waals surface area contributed by atoms with Crippen LogP contribution in [0.25, 0.3) is 6.08 Å². The Labute approximate surface area is 176 Å². The summed E-state index contributed by atoms with van der Waals surface area (Å²) in [6.07, 6.45) is 5.28. The largest absolute Gasteiger partial charge is 0.452 e. The molecule has 142 valence electrons. The molecule has 1 heterocycles. The number of hydrogen-bond donors (Lipinski definition) is 0. The fourth-order valence-electron chi connectivity index (χ4n) is 2.81. The molecule has 3 aromatic carbocycles. The number of esters is 1. The van der Waals surface area contributed by atoms with Crippen LogP contribution in [0.4, 0.5) is 0 Å². The second-order valence-corrected chi connectivity index (χ2v) is 7.20. The van der Waals surface area contributed by atoms with E-state index in [1.807, 2.05) is 36.4 Å². The van der Waals surface area contributed by atoms with Crippen LogP contribution in [0, 0.1) is 0 Å². The summed E-state index contributed by atoms with van der Waals surface area (Å²) < 4.78 is 11.9. The lowest BCUT2D eigenvalue weighted by atomic mass is 10.1. The third-order valence-corrected chi connectivity index (χ3v) is 4.80. The average molecular weight is 447 g/mol. The highest BCUT2D eigenvalue weighted by Gasteiger charge is 2.27. The van der Waals surface area contributed by atoms with Crippen LogP contribution in [0.3, 0.4) is 0 Å². The lowest BCUT2D eigenvalue weighted by Gasteiger charge is -2.05. The highest BCUT2D eigenvalue weighted by atomic mass is 79.9. The molecule has 1 aliphatic rings. The van der Waals surface area contributed by atoms with Crippen molar-refractivity contribution in [3.63, 3.8) is 0 Å². The number of ether oxygens (including phenoxy) is 2. The molecule has 1 aliphatic heterocycles. The first-order valence-electron chi connectivity index (χ1n) is 8.88. The topological polar surface area (TPSA) is 52.6 Å². The molecule has 0 unspecified atom stereocenters. The summed E-state index contributed by atoms with van der Waals surface area (Å²) in [6.45, 7) is 0. The summed E-state index contributed by atoms with van der Waals surface area (Å²) in [4.78, 5) is 24.8. The molecule has 0 fully saturated rings. The predicted molar refractivity (Wildman–Crippen MR) is 114 cm³/mol. The van der Waals surface area contributed by atoms with Crippen molar-refractivity contribution < 1.29 is 19.1 Å². The van der Waals surface area contributed by atoms with E-state index in [1.54, 1.807) is 54.6 Å². The highest BCUT2D eigenvalue weighted by molar-refractivity contribution is 9.10. The van der Waals surface area contributed by atoms with Gasteiger partial charge in [-0.15, -0.1) is 0 Å². The Morgan fingerprint density at radius 2 is 1.72 bits per heavy atom. The Balaban J connectivity index is 1.48. The van der Waals surface area contributed by atoms with E-state index in [2.05, 4.69) is 15.9 Å². The number of benzene rings is 3. The van der Waals surface area contributed by atoms with Crippen molar-refractivity contribution in [3.8, 4) is 11.5 Å². The summed E-state index contributed by atoms with van der Waals surface area (Å²) in [5, 5.41) is 0. The van der Waals surface area contributed by atoms with Crippen molar-refractivity contribution in [1.82, 2.24) is 0 Å². The van der Waals surface area contributed by atoms with E-state index in [-0.39, 0.29) is 11.5 Å². The number of allylic oxidation sites excluding steroid dienone is 3. The quantitative estimate of drug-likeness (QED) is 0.287. The van der Waals surface area contributed by atoms with Gasteiger partial charge in [0.05, 0.1) is 11.1 Å². The van der Waals surface area contributed by atoms with Crippen LogP contribution in [0.1, 0.15) is 26.3 Å². The molecule has 3 aromatic rings. The first-order valence-corrected chi connectivity index (χ1v) is 9.67. The van der Waals surface area contributed by atoms with Crippen LogP contribution in [-0.4, -0.2) is 11.8 Å². The molecule has 0 aromatic heterocycles. The van der Waals surface area contributed by atoms with Crippen molar-refractivity contribution in [2.75, 3.05) is 0 Å². The van der Waals surface area contributed by atoms with Crippen LogP contribution in [0.2, 0.25) is 0 Å². The van der Waals surface area contributed by atoms with Gasteiger partial charge in [0, 0.05) is 10.5 Å². The maximum Gasteiger partial charge on any atom is 0.343 e. The molecule has 0 bridgehead atoms. The van der Waals surface area contributed by atoms with Crippen LogP contribution in [0.5, 0.6) is 11.5 Å². The van der Waals surface area contributed by atoms with Gasteiger partial charge in [-0.1, -0.05) is 58.4 Å². The summed E-state index contributed by atoms with van der Waals surface area (Å²) in [7, 11) is 0. The van der Waals surface area contributed by atoms with E-state index in [0.29, 0.717) is 22.6 Å². The Kier molecular flexibility index (Phi) is 5.40. The first kappa shape index (κ1) is 18.9. The molecule has 0 aliphatic carbocycles. The minimum atomic E-state index is -0.483. The summed E-state index contributed by atoms with van der Waals surface area (Å²) in [5.41, 5.74) is 1.89. The van der Waals surface area contributed by atoms with Gasteiger partial charge in [0.2, 0.25) is 5.78 Å². The van der Waals surface area contributed by atoms with Crippen LogP contribution in [-0.2, 0) is 0 Å². The van der Waals surface area contributed by atoms with Crippen molar-refractivity contribution in [1.29, 1.82) is 0 Å². The summed E-state index contributed by atoms with van der Waals surface area (Å²) in [5.74, 6) is 0.219. The molecule has 0 spiro atoms. The Morgan fingerprint density at radius 3 is 2.48 bits per heavy atom. The van der Waals surface area contributed by atoms with E-state index in [1.165, 1.54) is 0 Å². The second kappa shape index (κ2) is 8.29. The summed E-state index contributed by atoms with van der Waals surface area (Å²) in [6, 6.07) is 21.3. The number of fused-ring (bicyclic) bond motifs is 1. The lowest BCUT2D eigenvalue weighted by molar-refractivity contribution is 0.0734. The molecular formula is C24H15BrO4. The van der Waals surface area contributed by atoms with Crippen molar-refractivity contribution in [2.24, 2.45) is 0 Å². The van der Waals surface area contributed by atoms with Crippen LogP contribution < -0.4 is 9.47 Å². The number of carbonyl (C=O) groups excluding carboxylic acids is 2. The van der Waals surface area contributed by atoms with E-state index in [4.69, 9.17) is 9.47 Å². The second-order valence-electron chi connectivity index (χ2n) is 6.29. The minimum absolute atomic E-state index is 0.205. The monoisotopic (exact) mass is 446 g/mol. The molecule has 0 atom stereocenters. The SMILES string of the molecule is O=C(Oc1ccc2c(c1)OC(=CC=Cc1ccccc1)C2=O)c1ccc(Br)cc1. The van der Waals surface area contributed by atoms with Gasteiger partial charge in [-0.25, -0.2) is 4.79 Å². The highest BCUT2D eigenvalue weighted by Crippen LogP contribution is 2.34. The molecule has 0 amide bonds. The van der Waals surface area contributed by atoms with Gasteiger partial charge in [-0.05, 0) is 48.0 Å². The first-order chi connectivity index (χ1) is 14.1. The Bertz CT molecular complexity index is 1130. The smallest absolute Gasteiger partial charge is 0.343 e. The predicted octanol–water partition coefficient (Wildman–Crippen LogP) is 5.84. The molecule has 0 saturated carbocycles. The zero-order valence-corrected chi connectivity index (χ0v) is 16.8. The van der Waals surface area contributed by atoms with Crippen LogP contribution >= 0.6 is 15.9 Å². The zero-order chi connectivity index (χ0) is 20.2. The number of halogens is 1. The molecule has 4 rings (SSSR count). The summed E-state index contributed by atoms with van der Waals surface area (Å²) >= 11 is 3.33. The van der Waals surface area contributed by atoms with Crippen molar-refractivity contribution in [3.05, 3.63) is 112 Å². The fourth-order valence-corrected chi connectivity index (χ4v) is 3.07. The molecular weight excluding hydrogens is 432 g/mol. The normalized spacial score (nSPS) is 14.1. The van der Waals surface area contributed by atoms with Crippen molar-refractivity contribution >= 4 is 33.8 Å². The molecule has 5 heteroatoms. The van der Waals surface area contributed by atoms with Crippen LogP contribution in [0.15, 0.2) is 95.2 Å². The lowest BCUT2D eigenvalue weighted by Crippen LogP contribution is -2.08. The Hall–Kier alpha value is -3.44. The number of hydrogen-bond acceptors (Lipinski definition) is 4. The maximum absolute atomic E-state index is 12.5. The molecule has 0 radical (unpaired) electrons. The van der Waals surface area contributed by atoms with Gasteiger partial charge in [-0.3, -0.25) is 4.79 Å². The molecule has 4 nitrogen and oxygen atoms in total. The van der Waals surface area contributed by atoms with Gasteiger partial charge in [-0.2, -0.15) is 0 Å². The van der Waals surface area contributed by atoms with E-state index in [0.717, 1.165) is 10.0 Å². The number of carbonyl (C=O) groups is 2. The molecule has 29 heavy (non-hydrogen) atoms. The number of ketones is 1. The molecule has 0 saturated heterocycles. The van der Waals surface area contributed by atoms with E-state index >= 15 is 0 Å². The third-order valence-electron chi connectivity index (χ3n) is 4.27. The van der Waals surface area contributed by atoms with E-state index < -0.39 is 5.97 Å². The van der Waals surface area contributed by atoms with Crippen molar-refractivity contribution in [2.45, 2.75) is 0 Å². The Morgan fingerprint density at radius 1 is 0.966 bits per heavy atom. The maximum atomic E-state index is 12.5. The number of rotatable bonds is 4. The zero-order valence-electron chi connectivity index (χ0n) is 15.2. The van der Waals surface area contributed by atoms with Gasteiger partial charge in [0.25, 0.3) is 0 Å². The average Bonchev–Trinajstić information content (AvgIpc) is 3.04. The third kappa shape index (κ3) is 4.36. The van der Waals surface area contributed by atoms with Gasteiger partial charge in [0.15, 0.2) is 5.76 Å². The number of Topliss-reactive ketones (excluding diaryl/α,β-unsaturated/α-hetero) is 1. The minimum Gasteiger partial charge on any atom is -0.452 e. The fraction of sp³-hybridized carbons (Fsp3) is 0.